The van der Waals surface area contributed by atoms with E-state index in [0.717, 1.165) is 6.42 Å². The quantitative estimate of drug-likeness (QED) is 0.558. The predicted octanol–water partition coefficient (Wildman–Crippen LogP) is 4.01. The molecular formula is C17H25N. The van der Waals surface area contributed by atoms with Crippen LogP contribution in [0.2, 0.25) is 0 Å². The predicted molar refractivity (Wildman–Crippen MR) is 78.9 cm³/mol. The molecule has 1 heteroatoms. The molecular weight excluding hydrogens is 218 g/mol. The van der Waals surface area contributed by atoms with Gasteiger partial charge < -0.3 is 4.90 Å². The minimum absolute atomic E-state index is 0.413. The second-order valence-electron chi connectivity index (χ2n) is 5.63. The first kappa shape index (κ1) is 13.4. The van der Waals surface area contributed by atoms with Gasteiger partial charge in [-0.1, -0.05) is 36.4 Å². The number of unbranched alkanes of at least 4 members (excludes halogenated alkanes) is 1. The molecule has 0 bridgehead atoms. The topological polar surface area (TPSA) is 3.24 Å². The highest BCUT2D eigenvalue weighted by atomic mass is 15.1. The Kier molecular flexibility index (Phi) is 4.60. The maximum absolute atomic E-state index is 3.84. The Labute approximate surface area is 112 Å². The molecule has 0 aromatic heterocycles. The van der Waals surface area contributed by atoms with Crippen LogP contribution in [0.4, 0.5) is 0 Å². The zero-order chi connectivity index (χ0) is 12.8. The van der Waals surface area contributed by atoms with Crippen molar-refractivity contribution in [1.82, 2.24) is 4.90 Å². The van der Waals surface area contributed by atoms with Crippen molar-refractivity contribution in [2.45, 2.75) is 37.5 Å². The van der Waals surface area contributed by atoms with Crippen LogP contribution in [0, 0.1) is 0 Å². The van der Waals surface area contributed by atoms with Crippen molar-refractivity contribution in [3.63, 3.8) is 0 Å². The van der Waals surface area contributed by atoms with Crippen molar-refractivity contribution < 1.29 is 0 Å². The van der Waals surface area contributed by atoms with Crippen molar-refractivity contribution in [1.29, 1.82) is 0 Å². The van der Waals surface area contributed by atoms with Gasteiger partial charge in [0.05, 0.1) is 0 Å². The van der Waals surface area contributed by atoms with Crippen LogP contribution in [-0.2, 0) is 5.41 Å². The molecule has 1 fully saturated rings. The molecule has 1 saturated heterocycles. The van der Waals surface area contributed by atoms with Crippen molar-refractivity contribution in [2.75, 3.05) is 20.1 Å². The van der Waals surface area contributed by atoms with Gasteiger partial charge in [0.1, 0.15) is 0 Å². The van der Waals surface area contributed by atoms with Crippen molar-refractivity contribution in [3.8, 4) is 0 Å². The van der Waals surface area contributed by atoms with Gasteiger partial charge in [-0.15, -0.1) is 6.58 Å². The molecule has 0 unspecified atom stereocenters. The molecule has 1 nitrogen and oxygen atoms in total. The Hall–Kier alpha value is -1.08. The number of hydrogen-bond acceptors (Lipinski definition) is 1. The van der Waals surface area contributed by atoms with Crippen LogP contribution < -0.4 is 0 Å². The molecule has 98 valence electrons. The van der Waals surface area contributed by atoms with Gasteiger partial charge in [0.15, 0.2) is 0 Å². The van der Waals surface area contributed by atoms with Crippen molar-refractivity contribution in [2.24, 2.45) is 0 Å². The van der Waals surface area contributed by atoms with Gasteiger partial charge in [0, 0.05) is 0 Å². The Morgan fingerprint density at radius 2 is 1.89 bits per heavy atom. The second-order valence-corrected chi connectivity index (χ2v) is 5.63. The number of piperidine rings is 1. The SMILES string of the molecule is C=CCCCC1(c2ccccc2)CCN(C)CC1. The highest BCUT2D eigenvalue weighted by Crippen LogP contribution is 2.39. The average molecular weight is 243 g/mol. The van der Waals surface area contributed by atoms with Gasteiger partial charge in [-0.25, -0.2) is 0 Å². The smallest absolute Gasteiger partial charge is 0.00133 e. The Bertz CT molecular complexity index is 360. The third-order valence-electron chi connectivity index (χ3n) is 4.39. The minimum atomic E-state index is 0.413. The molecule has 1 heterocycles. The standard InChI is InChI=1S/C17H25N/c1-3-4-8-11-17(12-14-18(2)15-13-17)16-9-6-5-7-10-16/h3,5-7,9-10H,1,4,8,11-15H2,2H3. The van der Waals surface area contributed by atoms with E-state index in [2.05, 4.69) is 48.9 Å². The number of hydrogen-bond donors (Lipinski definition) is 0. The summed E-state index contributed by atoms with van der Waals surface area (Å²) in [5.74, 6) is 0. The summed E-state index contributed by atoms with van der Waals surface area (Å²) in [7, 11) is 2.23. The number of nitrogens with zero attached hydrogens (tertiary/aromatic N) is 1. The van der Waals surface area contributed by atoms with Gasteiger partial charge in [-0.05, 0) is 63.2 Å². The molecule has 1 aromatic carbocycles. The maximum atomic E-state index is 3.84. The average Bonchev–Trinajstić information content (AvgIpc) is 2.43. The minimum Gasteiger partial charge on any atom is -0.306 e. The normalized spacial score (nSPS) is 19.6. The Morgan fingerprint density at radius 3 is 2.50 bits per heavy atom. The monoisotopic (exact) mass is 243 g/mol. The molecule has 0 spiro atoms. The van der Waals surface area contributed by atoms with E-state index in [-0.39, 0.29) is 0 Å². The lowest BCUT2D eigenvalue weighted by molar-refractivity contribution is 0.176. The number of likely N-dealkylation sites (tertiary alicyclic amines) is 1. The Morgan fingerprint density at radius 1 is 1.22 bits per heavy atom. The molecule has 1 aromatic rings. The summed E-state index contributed by atoms with van der Waals surface area (Å²) in [6, 6.07) is 11.1. The first-order valence-corrected chi connectivity index (χ1v) is 7.12. The first-order chi connectivity index (χ1) is 8.77. The van der Waals surface area contributed by atoms with E-state index in [0.29, 0.717) is 5.41 Å². The summed E-state index contributed by atoms with van der Waals surface area (Å²) in [5.41, 5.74) is 1.96. The van der Waals surface area contributed by atoms with Crippen molar-refractivity contribution >= 4 is 0 Å². The van der Waals surface area contributed by atoms with Gasteiger partial charge in [0.25, 0.3) is 0 Å². The molecule has 18 heavy (non-hydrogen) atoms. The summed E-state index contributed by atoms with van der Waals surface area (Å²) >= 11 is 0. The summed E-state index contributed by atoms with van der Waals surface area (Å²) < 4.78 is 0. The van der Waals surface area contributed by atoms with Crippen LogP contribution >= 0.6 is 0 Å². The number of rotatable bonds is 5. The first-order valence-electron chi connectivity index (χ1n) is 7.12. The summed E-state index contributed by atoms with van der Waals surface area (Å²) in [5, 5.41) is 0. The third-order valence-corrected chi connectivity index (χ3v) is 4.39. The third kappa shape index (κ3) is 3.02. The van der Waals surface area contributed by atoms with E-state index >= 15 is 0 Å². The van der Waals surface area contributed by atoms with Crippen LogP contribution in [0.15, 0.2) is 43.0 Å². The van der Waals surface area contributed by atoms with E-state index in [4.69, 9.17) is 0 Å². The molecule has 0 saturated carbocycles. The van der Waals surface area contributed by atoms with Gasteiger partial charge in [-0.2, -0.15) is 0 Å². The molecule has 0 atom stereocenters. The molecule has 1 aliphatic rings. The lowest BCUT2D eigenvalue weighted by Gasteiger charge is -2.41. The molecule has 2 rings (SSSR count). The van der Waals surface area contributed by atoms with E-state index in [1.54, 1.807) is 5.56 Å². The van der Waals surface area contributed by atoms with Gasteiger partial charge in [0.2, 0.25) is 0 Å². The number of benzene rings is 1. The molecule has 0 aliphatic carbocycles. The van der Waals surface area contributed by atoms with Gasteiger partial charge in [-0.3, -0.25) is 0 Å². The fourth-order valence-corrected chi connectivity index (χ4v) is 3.11. The zero-order valence-electron chi connectivity index (χ0n) is 11.6. The highest BCUT2D eigenvalue weighted by Gasteiger charge is 2.34. The maximum Gasteiger partial charge on any atom is -0.00133 e. The summed E-state index contributed by atoms with van der Waals surface area (Å²) in [4.78, 5) is 2.45. The molecule has 0 amide bonds. The molecule has 1 aliphatic heterocycles. The summed E-state index contributed by atoms with van der Waals surface area (Å²) in [6.45, 7) is 6.29. The van der Waals surface area contributed by atoms with Crippen LogP contribution in [0.3, 0.4) is 0 Å². The molecule has 0 N–H and O–H groups in total. The van der Waals surface area contributed by atoms with E-state index in [1.165, 1.54) is 38.8 Å². The van der Waals surface area contributed by atoms with Crippen LogP contribution in [0.5, 0.6) is 0 Å². The lowest BCUT2D eigenvalue weighted by Crippen LogP contribution is -2.40. The largest absolute Gasteiger partial charge is 0.306 e. The van der Waals surface area contributed by atoms with Crippen LogP contribution in [-0.4, -0.2) is 25.0 Å². The van der Waals surface area contributed by atoms with Crippen LogP contribution in [0.1, 0.15) is 37.7 Å². The Balaban J connectivity index is 2.14. The van der Waals surface area contributed by atoms with Crippen LogP contribution in [0.25, 0.3) is 0 Å². The second kappa shape index (κ2) is 6.19. The van der Waals surface area contributed by atoms with Crippen molar-refractivity contribution in [3.05, 3.63) is 48.6 Å². The molecule has 0 radical (unpaired) electrons. The lowest BCUT2D eigenvalue weighted by atomic mass is 9.69. The van der Waals surface area contributed by atoms with E-state index < -0.39 is 0 Å². The summed E-state index contributed by atoms with van der Waals surface area (Å²) in [6.07, 6.45) is 8.35. The fraction of sp³-hybridized carbons (Fsp3) is 0.529. The van der Waals surface area contributed by atoms with E-state index in [9.17, 15) is 0 Å². The van der Waals surface area contributed by atoms with E-state index in [1.807, 2.05) is 6.08 Å². The van der Waals surface area contributed by atoms with Gasteiger partial charge >= 0.3 is 0 Å². The number of allylic oxidation sites excluding steroid dienone is 1. The highest BCUT2D eigenvalue weighted by molar-refractivity contribution is 5.26. The fourth-order valence-electron chi connectivity index (χ4n) is 3.11. The zero-order valence-corrected chi connectivity index (χ0v) is 11.6.